The van der Waals surface area contributed by atoms with E-state index in [1.54, 1.807) is 12.1 Å². The number of hydrogen-bond acceptors (Lipinski definition) is 3. The summed E-state index contributed by atoms with van der Waals surface area (Å²) in [7, 11) is 0. The van der Waals surface area contributed by atoms with Crippen LogP contribution in [0, 0.1) is 5.82 Å². The molecule has 1 aromatic carbocycles. The molecule has 0 aliphatic rings. The lowest BCUT2D eigenvalue weighted by Gasteiger charge is -2.23. The molecule has 20 heavy (non-hydrogen) atoms. The van der Waals surface area contributed by atoms with Crippen molar-refractivity contribution in [3.05, 3.63) is 54.0 Å². The number of nitrogens with zero attached hydrogens (tertiary/aromatic N) is 2. The van der Waals surface area contributed by atoms with Gasteiger partial charge in [-0.1, -0.05) is 6.07 Å². The maximum atomic E-state index is 13.0. The van der Waals surface area contributed by atoms with Crippen LogP contribution in [0.4, 0.5) is 15.9 Å². The topological polar surface area (TPSA) is 28.2 Å². The first-order chi connectivity index (χ1) is 9.72. The molecule has 1 heterocycles. The SMILES string of the molecule is CCNc1ccc(CN(CC)c2ccc(F)cc2)cn1. The summed E-state index contributed by atoms with van der Waals surface area (Å²) in [6.07, 6.45) is 1.88. The largest absolute Gasteiger partial charge is 0.370 e. The highest BCUT2D eigenvalue weighted by Crippen LogP contribution is 2.17. The molecule has 0 spiro atoms. The van der Waals surface area contributed by atoms with E-state index in [9.17, 15) is 4.39 Å². The number of pyridine rings is 1. The second-order valence-corrected chi connectivity index (χ2v) is 4.57. The lowest BCUT2D eigenvalue weighted by molar-refractivity contribution is 0.627. The Hall–Kier alpha value is -2.10. The summed E-state index contributed by atoms with van der Waals surface area (Å²) in [5.74, 6) is 0.683. The van der Waals surface area contributed by atoms with E-state index < -0.39 is 0 Å². The molecule has 1 aromatic heterocycles. The van der Waals surface area contributed by atoms with E-state index in [1.807, 2.05) is 19.2 Å². The number of rotatable bonds is 6. The smallest absolute Gasteiger partial charge is 0.125 e. The van der Waals surface area contributed by atoms with Gasteiger partial charge in [-0.05, 0) is 49.7 Å². The molecule has 1 N–H and O–H groups in total. The van der Waals surface area contributed by atoms with Gasteiger partial charge in [-0.2, -0.15) is 0 Å². The maximum Gasteiger partial charge on any atom is 0.125 e. The van der Waals surface area contributed by atoms with Gasteiger partial charge in [0.1, 0.15) is 11.6 Å². The predicted molar refractivity (Wildman–Crippen MR) is 81.5 cm³/mol. The summed E-state index contributed by atoms with van der Waals surface area (Å²) in [5.41, 5.74) is 2.16. The van der Waals surface area contributed by atoms with Crippen LogP contribution in [-0.4, -0.2) is 18.1 Å². The third kappa shape index (κ3) is 3.70. The first-order valence-electron chi connectivity index (χ1n) is 6.92. The van der Waals surface area contributed by atoms with Crippen molar-refractivity contribution in [2.75, 3.05) is 23.3 Å². The average Bonchev–Trinajstić information content (AvgIpc) is 2.48. The molecule has 0 aliphatic heterocycles. The Morgan fingerprint density at radius 2 is 1.85 bits per heavy atom. The molecule has 4 heteroatoms. The molecule has 0 amide bonds. The van der Waals surface area contributed by atoms with Crippen LogP contribution < -0.4 is 10.2 Å². The van der Waals surface area contributed by atoms with Crippen LogP contribution in [0.5, 0.6) is 0 Å². The van der Waals surface area contributed by atoms with E-state index in [1.165, 1.54) is 12.1 Å². The summed E-state index contributed by atoms with van der Waals surface area (Å²) in [4.78, 5) is 6.55. The van der Waals surface area contributed by atoms with Crippen molar-refractivity contribution >= 4 is 11.5 Å². The fourth-order valence-electron chi connectivity index (χ4n) is 2.06. The summed E-state index contributed by atoms with van der Waals surface area (Å²) >= 11 is 0. The average molecular weight is 273 g/mol. The summed E-state index contributed by atoms with van der Waals surface area (Å²) < 4.78 is 13.0. The van der Waals surface area contributed by atoms with Crippen LogP contribution in [0.1, 0.15) is 19.4 Å². The van der Waals surface area contributed by atoms with Crippen LogP contribution in [0.25, 0.3) is 0 Å². The fraction of sp³-hybridized carbons (Fsp3) is 0.312. The second kappa shape index (κ2) is 6.89. The Labute approximate surface area is 119 Å². The molecule has 0 atom stereocenters. The third-order valence-electron chi connectivity index (χ3n) is 3.13. The normalized spacial score (nSPS) is 10.3. The maximum absolute atomic E-state index is 13.0. The quantitative estimate of drug-likeness (QED) is 0.870. The van der Waals surface area contributed by atoms with Gasteiger partial charge >= 0.3 is 0 Å². The van der Waals surface area contributed by atoms with Gasteiger partial charge in [-0.15, -0.1) is 0 Å². The van der Waals surface area contributed by atoms with Gasteiger partial charge in [0, 0.05) is 31.5 Å². The zero-order chi connectivity index (χ0) is 14.4. The number of anilines is 2. The molecular formula is C16H20FN3. The van der Waals surface area contributed by atoms with Gasteiger partial charge in [-0.3, -0.25) is 0 Å². The molecule has 2 aromatic rings. The van der Waals surface area contributed by atoms with Crippen molar-refractivity contribution in [2.24, 2.45) is 0 Å². The number of nitrogens with one attached hydrogen (secondary N) is 1. The first-order valence-corrected chi connectivity index (χ1v) is 6.92. The minimum absolute atomic E-state index is 0.207. The van der Waals surface area contributed by atoms with Crippen LogP contribution >= 0.6 is 0 Å². The molecule has 0 fully saturated rings. The molecule has 0 saturated carbocycles. The van der Waals surface area contributed by atoms with Crippen molar-refractivity contribution < 1.29 is 4.39 Å². The van der Waals surface area contributed by atoms with E-state index in [4.69, 9.17) is 0 Å². The highest BCUT2D eigenvalue weighted by Gasteiger charge is 2.06. The molecule has 3 nitrogen and oxygen atoms in total. The Bertz CT molecular complexity index is 522. The summed E-state index contributed by atoms with van der Waals surface area (Å²) in [5, 5.41) is 3.17. The molecule has 0 saturated heterocycles. The van der Waals surface area contributed by atoms with Gasteiger partial charge in [0.05, 0.1) is 0 Å². The van der Waals surface area contributed by atoms with Crippen molar-refractivity contribution in [2.45, 2.75) is 20.4 Å². The lowest BCUT2D eigenvalue weighted by Crippen LogP contribution is -2.22. The van der Waals surface area contributed by atoms with Crippen LogP contribution in [0.3, 0.4) is 0 Å². The van der Waals surface area contributed by atoms with Gasteiger partial charge in [0.25, 0.3) is 0 Å². The van der Waals surface area contributed by atoms with E-state index in [0.29, 0.717) is 0 Å². The second-order valence-electron chi connectivity index (χ2n) is 4.57. The van der Waals surface area contributed by atoms with Gasteiger partial charge in [-0.25, -0.2) is 9.37 Å². The molecular weight excluding hydrogens is 253 g/mol. The predicted octanol–water partition coefficient (Wildman–Crippen LogP) is 3.68. The molecule has 0 aliphatic carbocycles. The van der Waals surface area contributed by atoms with Crippen molar-refractivity contribution in [1.29, 1.82) is 0 Å². The lowest BCUT2D eigenvalue weighted by atomic mass is 10.2. The van der Waals surface area contributed by atoms with E-state index in [-0.39, 0.29) is 5.82 Å². The van der Waals surface area contributed by atoms with Gasteiger partial charge in [0.15, 0.2) is 0 Å². The minimum Gasteiger partial charge on any atom is -0.370 e. The van der Waals surface area contributed by atoms with E-state index >= 15 is 0 Å². The minimum atomic E-state index is -0.207. The van der Waals surface area contributed by atoms with Crippen molar-refractivity contribution in [3.63, 3.8) is 0 Å². The van der Waals surface area contributed by atoms with Crippen molar-refractivity contribution in [3.8, 4) is 0 Å². The van der Waals surface area contributed by atoms with E-state index in [2.05, 4.69) is 28.2 Å². The number of benzene rings is 1. The van der Waals surface area contributed by atoms with Crippen molar-refractivity contribution in [1.82, 2.24) is 4.98 Å². The summed E-state index contributed by atoms with van der Waals surface area (Å²) in [6, 6.07) is 10.6. The summed E-state index contributed by atoms with van der Waals surface area (Å²) in [6.45, 7) is 6.62. The zero-order valence-corrected chi connectivity index (χ0v) is 11.9. The fourth-order valence-corrected chi connectivity index (χ4v) is 2.06. The zero-order valence-electron chi connectivity index (χ0n) is 11.9. The first kappa shape index (κ1) is 14.3. The van der Waals surface area contributed by atoms with Crippen LogP contribution in [0.2, 0.25) is 0 Å². The Morgan fingerprint density at radius 1 is 1.10 bits per heavy atom. The number of hydrogen-bond donors (Lipinski definition) is 1. The molecule has 0 unspecified atom stereocenters. The Balaban J connectivity index is 2.07. The molecule has 0 bridgehead atoms. The number of halogens is 1. The molecule has 106 valence electrons. The Kier molecular flexibility index (Phi) is 4.93. The molecule has 0 radical (unpaired) electrons. The number of aromatic nitrogens is 1. The van der Waals surface area contributed by atoms with Crippen LogP contribution in [0.15, 0.2) is 42.6 Å². The highest BCUT2D eigenvalue weighted by molar-refractivity contribution is 5.47. The Morgan fingerprint density at radius 3 is 2.40 bits per heavy atom. The van der Waals surface area contributed by atoms with E-state index in [0.717, 1.165) is 36.7 Å². The molecule has 2 rings (SSSR count). The monoisotopic (exact) mass is 273 g/mol. The van der Waals surface area contributed by atoms with Gasteiger partial charge in [0.2, 0.25) is 0 Å². The van der Waals surface area contributed by atoms with Crippen LogP contribution in [-0.2, 0) is 6.54 Å². The third-order valence-corrected chi connectivity index (χ3v) is 3.13. The van der Waals surface area contributed by atoms with Gasteiger partial charge < -0.3 is 10.2 Å². The highest BCUT2D eigenvalue weighted by atomic mass is 19.1. The standard InChI is InChI=1S/C16H20FN3/c1-3-18-16-10-5-13(11-19-16)12-20(4-2)15-8-6-14(17)7-9-15/h5-11H,3-4,12H2,1-2H3,(H,18,19).